The van der Waals surface area contributed by atoms with Crippen LogP contribution in [-0.2, 0) is 9.59 Å². The second kappa shape index (κ2) is 8.31. The Bertz CT molecular complexity index is 253. The summed E-state index contributed by atoms with van der Waals surface area (Å²) in [6.07, 6.45) is 1.94. The van der Waals surface area contributed by atoms with Crippen molar-refractivity contribution in [2.45, 2.75) is 58.0 Å². The molecule has 0 heterocycles. The molecule has 2 amide bonds. The van der Waals surface area contributed by atoms with Crippen molar-refractivity contribution < 1.29 is 9.59 Å². The molecule has 17 heavy (non-hydrogen) atoms. The van der Waals surface area contributed by atoms with Crippen molar-refractivity contribution >= 4 is 24.2 Å². The molecule has 5 nitrogen and oxygen atoms in total. The van der Waals surface area contributed by atoms with Crippen LogP contribution in [0.15, 0.2) is 0 Å². The van der Waals surface area contributed by atoms with E-state index in [0.717, 1.165) is 0 Å². The van der Waals surface area contributed by atoms with E-state index in [1.807, 2.05) is 20.8 Å². The van der Waals surface area contributed by atoms with Gasteiger partial charge < -0.3 is 16.8 Å². The second-order valence-corrected chi connectivity index (χ2v) is 4.22. The molecule has 0 saturated carbocycles. The van der Waals surface area contributed by atoms with E-state index in [9.17, 15) is 9.59 Å². The lowest BCUT2D eigenvalue weighted by molar-refractivity contribution is -0.132. The van der Waals surface area contributed by atoms with Crippen LogP contribution < -0.4 is 16.8 Å². The minimum absolute atomic E-state index is 0. The fourth-order valence-electron chi connectivity index (χ4n) is 1.52. The molecule has 0 aliphatic carbocycles. The summed E-state index contributed by atoms with van der Waals surface area (Å²) in [5.74, 6) is -0.647. The molecule has 6 heteroatoms. The van der Waals surface area contributed by atoms with E-state index in [1.165, 1.54) is 0 Å². The van der Waals surface area contributed by atoms with Crippen LogP contribution in [0.5, 0.6) is 0 Å². The molecule has 102 valence electrons. The summed E-state index contributed by atoms with van der Waals surface area (Å²) in [4.78, 5) is 23.0. The zero-order valence-electron chi connectivity index (χ0n) is 10.8. The molecule has 0 bridgehead atoms. The first-order valence-corrected chi connectivity index (χ1v) is 5.74. The van der Waals surface area contributed by atoms with Gasteiger partial charge in [-0.1, -0.05) is 13.8 Å². The Morgan fingerprint density at radius 2 is 1.76 bits per heavy atom. The number of nitrogens with one attached hydrogen (secondary N) is 1. The molecule has 1 atom stereocenters. The van der Waals surface area contributed by atoms with E-state index in [0.29, 0.717) is 25.7 Å². The molecule has 0 aromatic heterocycles. The fourth-order valence-corrected chi connectivity index (χ4v) is 1.52. The molecule has 0 aliphatic rings. The lowest BCUT2D eigenvalue weighted by Gasteiger charge is -2.29. The largest absolute Gasteiger partial charge is 0.368 e. The lowest BCUT2D eigenvalue weighted by atomic mass is 9.91. The van der Waals surface area contributed by atoms with Crippen molar-refractivity contribution in [1.82, 2.24) is 5.32 Å². The Balaban J connectivity index is 0. The SMILES string of the molecule is CCC(CC)(NC(=O)CCC(C)N)C(N)=O.Cl. The van der Waals surface area contributed by atoms with E-state index in [4.69, 9.17) is 11.5 Å². The summed E-state index contributed by atoms with van der Waals surface area (Å²) in [5, 5.41) is 2.72. The molecule has 0 aliphatic heterocycles. The standard InChI is InChI=1S/C11H23N3O2.ClH/c1-4-11(5-2,10(13)16)14-9(15)7-6-8(3)12;/h8H,4-7,12H2,1-3H3,(H2,13,16)(H,14,15);1H. The normalized spacial score (nSPS) is 12.5. The molecule has 0 fully saturated rings. The summed E-state index contributed by atoms with van der Waals surface area (Å²) in [6, 6.07) is -0.0167. The Morgan fingerprint density at radius 1 is 1.29 bits per heavy atom. The molecule has 1 unspecified atom stereocenters. The van der Waals surface area contributed by atoms with Gasteiger partial charge in [-0.3, -0.25) is 9.59 Å². The number of amides is 2. The first-order chi connectivity index (χ1) is 7.38. The maximum Gasteiger partial charge on any atom is 0.243 e. The van der Waals surface area contributed by atoms with E-state index in [2.05, 4.69) is 5.32 Å². The zero-order valence-corrected chi connectivity index (χ0v) is 11.6. The van der Waals surface area contributed by atoms with Crippen LogP contribution in [0.2, 0.25) is 0 Å². The molecule has 5 N–H and O–H groups in total. The van der Waals surface area contributed by atoms with Gasteiger partial charge in [-0.2, -0.15) is 0 Å². The van der Waals surface area contributed by atoms with Crippen molar-refractivity contribution in [3.8, 4) is 0 Å². The van der Waals surface area contributed by atoms with Gasteiger partial charge >= 0.3 is 0 Å². The van der Waals surface area contributed by atoms with Gasteiger partial charge in [-0.25, -0.2) is 0 Å². The van der Waals surface area contributed by atoms with Gasteiger partial charge in [-0.05, 0) is 26.2 Å². The molecule has 0 spiro atoms. The minimum atomic E-state index is -0.908. The van der Waals surface area contributed by atoms with E-state index >= 15 is 0 Å². The van der Waals surface area contributed by atoms with Crippen molar-refractivity contribution in [3.63, 3.8) is 0 Å². The van der Waals surface area contributed by atoms with Gasteiger partial charge in [0.2, 0.25) is 11.8 Å². The van der Waals surface area contributed by atoms with Gasteiger partial charge in [-0.15, -0.1) is 12.4 Å². The van der Waals surface area contributed by atoms with Crippen LogP contribution in [0.3, 0.4) is 0 Å². The monoisotopic (exact) mass is 265 g/mol. The molecule has 0 saturated heterocycles. The second-order valence-electron chi connectivity index (χ2n) is 4.22. The first-order valence-electron chi connectivity index (χ1n) is 5.74. The number of halogens is 1. The topological polar surface area (TPSA) is 98.2 Å². The summed E-state index contributed by atoms with van der Waals surface area (Å²) in [6.45, 7) is 5.51. The van der Waals surface area contributed by atoms with Gasteiger partial charge in [0.15, 0.2) is 0 Å². The quantitative estimate of drug-likeness (QED) is 0.632. The van der Waals surface area contributed by atoms with E-state index in [1.54, 1.807) is 0 Å². The third kappa shape index (κ3) is 5.89. The fraction of sp³-hybridized carbons (Fsp3) is 0.818. The molecule has 0 aromatic rings. The van der Waals surface area contributed by atoms with Crippen LogP contribution in [0, 0.1) is 0 Å². The van der Waals surface area contributed by atoms with Crippen molar-refractivity contribution in [1.29, 1.82) is 0 Å². The third-order valence-electron chi connectivity index (χ3n) is 2.88. The summed E-state index contributed by atoms with van der Waals surface area (Å²) in [7, 11) is 0. The number of primary amides is 1. The van der Waals surface area contributed by atoms with Crippen LogP contribution in [0.1, 0.15) is 46.5 Å². The Kier molecular flexibility index (Phi) is 9.06. The third-order valence-corrected chi connectivity index (χ3v) is 2.88. The molecular formula is C11H24ClN3O2. The summed E-state index contributed by atoms with van der Waals surface area (Å²) in [5.41, 5.74) is 9.97. The van der Waals surface area contributed by atoms with Gasteiger partial charge in [0.25, 0.3) is 0 Å². The average molecular weight is 266 g/mol. The maximum absolute atomic E-state index is 11.6. The van der Waals surface area contributed by atoms with Crippen molar-refractivity contribution in [3.05, 3.63) is 0 Å². The highest BCUT2D eigenvalue weighted by molar-refractivity contribution is 5.90. The number of hydrogen-bond acceptors (Lipinski definition) is 3. The number of carbonyl (C=O) groups excluding carboxylic acids is 2. The number of carbonyl (C=O) groups is 2. The Hall–Kier alpha value is -0.810. The highest BCUT2D eigenvalue weighted by atomic mass is 35.5. The zero-order chi connectivity index (χ0) is 12.8. The van der Waals surface area contributed by atoms with E-state index < -0.39 is 11.4 Å². The Labute approximate surface area is 109 Å². The van der Waals surface area contributed by atoms with Crippen LogP contribution in [-0.4, -0.2) is 23.4 Å². The summed E-state index contributed by atoms with van der Waals surface area (Å²) < 4.78 is 0. The maximum atomic E-state index is 11.6. The molecule has 0 aromatic carbocycles. The van der Waals surface area contributed by atoms with Crippen LogP contribution >= 0.6 is 12.4 Å². The number of hydrogen-bond donors (Lipinski definition) is 3. The number of nitrogens with two attached hydrogens (primary N) is 2. The lowest BCUT2D eigenvalue weighted by Crippen LogP contribution is -2.56. The van der Waals surface area contributed by atoms with Crippen molar-refractivity contribution in [2.24, 2.45) is 11.5 Å². The predicted molar refractivity (Wildman–Crippen MR) is 70.8 cm³/mol. The number of rotatable bonds is 7. The molecule has 0 radical (unpaired) electrons. The highest BCUT2D eigenvalue weighted by Gasteiger charge is 2.34. The molecular weight excluding hydrogens is 242 g/mol. The molecule has 0 rings (SSSR count). The summed E-state index contributed by atoms with van der Waals surface area (Å²) >= 11 is 0. The van der Waals surface area contributed by atoms with Crippen molar-refractivity contribution in [2.75, 3.05) is 0 Å². The highest BCUT2D eigenvalue weighted by Crippen LogP contribution is 2.14. The minimum Gasteiger partial charge on any atom is -0.368 e. The van der Waals surface area contributed by atoms with Crippen LogP contribution in [0.25, 0.3) is 0 Å². The Morgan fingerprint density at radius 3 is 2.06 bits per heavy atom. The van der Waals surface area contributed by atoms with Crippen LogP contribution in [0.4, 0.5) is 0 Å². The predicted octanol–water partition coefficient (Wildman–Crippen LogP) is 0.696. The van der Waals surface area contributed by atoms with Gasteiger partial charge in [0.05, 0.1) is 0 Å². The van der Waals surface area contributed by atoms with E-state index in [-0.39, 0.29) is 24.4 Å². The van der Waals surface area contributed by atoms with Gasteiger partial charge in [0.1, 0.15) is 5.54 Å². The average Bonchev–Trinajstić information content (AvgIpc) is 2.22. The smallest absolute Gasteiger partial charge is 0.243 e. The first kappa shape index (κ1) is 18.6. The van der Waals surface area contributed by atoms with Gasteiger partial charge in [0, 0.05) is 12.5 Å².